The van der Waals surface area contributed by atoms with Crippen LogP contribution in [0.4, 0.5) is 15.8 Å². The van der Waals surface area contributed by atoms with Crippen LogP contribution >= 0.6 is 11.6 Å². The molecule has 0 unspecified atom stereocenters. The minimum Gasteiger partial charge on any atom is -0.495 e. The summed E-state index contributed by atoms with van der Waals surface area (Å²) in [6.07, 6.45) is 1.03. The van der Waals surface area contributed by atoms with Gasteiger partial charge in [0.25, 0.3) is 0 Å². The van der Waals surface area contributed by atoms with Gasteiger partial charge in [0.2, 0.25) is 15.9 Å². The third-order valence-electron chi connectivity index (χ3n) is 5.23. The normalized spacial score (nSPS) is 15.5. The largest absolute Gasteiger partial charge is 0.495 e. The summed E-state index contributed by atoms with van der Waals surface area (Å²) >= 11 is 6.08. The van der Waals surface area contributed by atoms with Gasteiger partial charge in [-0.15, -0.1) is 0 Å². The topological polar surface area (TPSA) is 70.2 Å². The number of benzene rings is 2. The Kier molecular flexibility index (Phi) is 6.96. The Morgan fingerprint density at radius 2 is 1.81 bits per heavy atom. The molecule has 0 aliphatic carbocycles. The fourth-order valence-electron chi connectivity index (χ4n) is 3.75. The van der Waals surface area contributed by atoms with E-state index in [1.165, 1.54) is 26.2 Å². The molecule has 0 saturated carbocycles. The lowest BCUT2D eigenvalue weighted by Crippen LogP contribution is -2.55. The van der Waals surface area contributed by atoms with E-state index in [1.54, 1.807) is 35.2 Å². The number of ether oxygens (including phenoxy) is 1. The maximum atomic E-state index is 14.1. The summed E-state index contributed by atoms with van der Waals surface area (Å²) in [7, 11) is -2.40. The van der Waals surface area contributed by atoms with E-state index in [0.29, 0.717) is 42.6 Å². The number of methoxy groups -OCH3 is 1. The molecule has 10 heteroatoms. The highest BCUT2D eigenvalue weighted by Crippen LogP contribution is 2.34. The number of para-hydroxylation sites is 1. The zero-order valence-electron chi connectivity index (χ0n) is 17.6. The number of sulfonamides is 1. The molecule has 1 aliphatic heterocycles. The quantitative estimate of drug-likeness (QED) is 0.650. The Bertz CT molecular complexity index is 1060. The molecule has 1 aliphatic rings. The number of halogens is 2. The summed E-state index contributed by atoms with van der Waals surface area (Å²) in [5, 5.41) is 0.322. The molecule has 0 bridgehead atoms. The fraction of sp³-hybridized carbons (Fsp3) is 0.381. The van der Waals surface area contributed by atoms with Gasteiger partial charge in [-0.2, -0.15) is 0 Å². The monoisotopic (exact) mass is 469 g/mol. The van der Waals surface area contributed by atoms with Crippen molar-refractivity contribution in [3.05, 3.63) is 53.3 Å². The third kappa shape index (κ3) is 5.04. The highest BCUT2D eigenvalue weighted by molar-refractivity contribution is 7.92. The number of nitrogens with zero attached hydrogens (tertiary/aromatic N) is 3. The first kappa shape index (κ1) is 23.1. The summed E-state index contributed by atoms with van der Waals surface area (Å²) < 4.78 is 45.6. The standard InChI is InChI=1S/C21H25ClFN3O4S/c1-15(26(31(3,28)29)19-14-16(22)8-9-20(19)30-2)21(27)25-12-10-24(11-13-25)18-7-5-4-6-17(18)23/h4-9,14-15H,10-13H2,1-3H3/t15-/m0/s1. The number of hydrogen-bond donors (Lipinski definition) is 0. The number of hydrogen-bond acceptors (Lipinski definition) is 5. The Hall–Kier alpha value is -2.52. The summed E-state index contributed by atoms with van der Waals surface area (Å²) in [6, 6.07) is 10.1. The van der Waals surface area contributed by atoms with Crippen LogP contribution in [0.3, 0.4) is 0 Å². The lowest BCUT2D eigenvalue weighted by molar-refractivity contribution is -0.132. The van der Waals surface area contributed by atoms with Crippen LogP contribution < -0.4 is 13.9 Å². The van der Waals surface area contributed by atoms with Gasteiger partial charge in [-0.05, 0) is 37.3 Å². The van der Waals surface area contributed by atoms with Gasteiger partial charge in [-0.1, -0.05) is 23.7 Å². The first-order valence-corrected chi connectivity index (χ1v) is 12.0. The molecule has 3 rings (SSSR count). The van der Waals surface area contributed by atoms with Crippen molar-refractivity contribution in [3.63, 3.8) is 0 Å². The highest BCUT2D eigenvalue weighted by atomic mass is 35.5. The minimum absolute atomic E-state index is 0.198. The van der Waals surface area contributed by atoms with E-state index >= 15 is 0 Å². The van der Waals surface area contributed by atoms with Crippen molar-refractivity contribution in [1.82, 2.24) is 4.90 Å². The first-order valence-electron chi connectivity index (χ1n) is 9.74. The van der Waals surface area contributed by atoms with E-state index in [0.717, 1.165) is 10.6 Å². The number of carbonyl (C=O) groups excluding carboxylic acids is 1. The van der Waals surface area contributed by atoms with E-state index in [-0.39, 0.29) is 17.4 Å². The second-order valence-electron chi connectivity index (χ2n) is 7.31. The fourth-order valence-corrected chi connectivity index (χ4v) is 5.08. The van der Waals surface area contributed by atoms with Crippen LogP contribution in [0.1, 0.15) is 6.92 Å². The second kappa shape index (κ2) is 9.32. The van der Waals surface area contributed by atoms with Gasteiger partial charge in [-0.3, -0.25) is 9.10 Å². The Balaban J connectivity index is 1.81. The summed E-state index contributed by atoms with van der Waals surface area (Å²) in [5.41, 5.74) is 0.687. The zero-order chi connectivity index (χ0) is 22.8. The van der Waals surface area contributed by atoms with Crippen LogP contribution in [0.2, 0.25) is 5.02 Å². The van der Waals surface area contributed by atoms with Crippen LogP contribution in [-0.2, 0) is 14.8 Å². The van der Waals surface area contributed by atoms with E-state index in [4.69, 9.17) is 16.3 Å². The van der Waals surface area contributed by atoms with Crippen LogP contribution in [0, 0.1) is 5.82 Å². The van der Waals surface area contributed by atoms with Crippen molar-refractivity contribution in [2.24, 2.45) is 0 Å². The van der Waals surface area contributed by atoms with Crippen LogP contribution in [0.15, 0.2) is 42.5 Å². The van der Waals surface area contributed by atoms with Crippen LogP contribution in [0.5, 0.6) is 5.75 Å². The second-order valence-corrected chi connectivity index (χ2v) is 9.61. The van der Waals surface area contributed by atoms with E-state index in [2.05, 4.69) is 0 Å². The summed E-state index contributed by atoms with van der Waals surface area (Å²) in [5.74, 6) is -0.369. The van der Waals surface area contributed by atoms with E-state index in [1.807, 2.05) is 4.90 Å². The predicted octanol–water partition coefficient (Wildman–Crippen LogP) is 2.99. The van der Waals surface area contributed by atoms with Gasteiger partial charge in [0.1, 0.15) is 17.6 Å². The number of carbonyl (C=O) groups is 1. The number of rotatable bonds is 6. The lowest BCUT2D eigenvalue weighted by Gasteiger charge is -2.39. The van der Waals surface area contributed by atoms with E-state index in [9.17, 15) is 17.6 Å². The van der Waals surface area contributed by atoms with Gasteiger partial charge in [-0.25, -0.2) is 12.8 Å². The lowest BCUT2D eigenvalue weighted by atomic mass is 10.2. The average molecular weight is 470 g/mol. The molecule has 1 amide bonds. The van der Waals surface area contributed by atoms with Gasteiger partial charge in [0.05, 0.1) is 24.7 Å². The van der Waals surface area contributed by atoms with Crippen molar-refractivity contribution in [1.29, 1.82) is 0 Å². The molecule has 1 fully saturated rings. The van der Waals surface area contributed by atoms with Crippen molar-refractivity contribution in [2.45, 2.75) is 13.0 Å². The Labute approximate surface area is 187 Å². The molecule has 0 radical (unpaired) electrons. The molecule has 31 heavy (non-hydrogen) atoms. The maximum absolute atomic E-state index is 14.1. The molecule has 168 valence electrons. The average Bonchev–Trinajstić information content (AvgIpc) is 2.73. The molecule has 7 nitrogen and oxygen atoms in total. The van der Waals surface area contributed by atoms with Gasteiger partial charge < -0.3 is 14.5 Å². The molecule has 1 saturated heterocycles. The van der Waals surface area contributed by atoms with Crippen LogP contribution in [0.25, 0.3) is 0 Å². The Morgan fingerprint density at radius 3 is 2.39 bits per heavy atom. The van der Waals surface area contributed by atoms with Crippen molar-refractivity contribution in [3.8, 4) is 5.75 Å². The van der Waals surface area contributed by atoms with Crippen LogP contribution in [-0.4, -0.2) is 64.8 Å². The zero-order valence-corrected chi connectivity index (χ0v) is 19.2. The molecule has 0 N–H and O–H groups in total. The SMILES string of the molecule is COc1ccc(Cl)cc1N([C@@H](C)C(=O)N1CCN(c2ccccc2F)CC1)S(C)(=O)=O. The van der Waals surface area contributed by atoms with Crippen molar-refractivity contribution in [2.75, 3.05) is 48.7 Å². The van der Waals surface area contributed by atoms with Gasteiger partial charge >= 0.3 is 0 Å². The number of anilines is 2. The highest BCUT2D eigenvalue weighted by Gasteiger charge is 2.35. The van der Waals surface area contributed by atoms with Gasteiger partial charge in [0, 0.05) is 31.2 Å². The van der Waals surface area contributed by atoms with Crippen molar-refractivity contribution >= 4 is 38.9 Å². The molecule has 2 aromatic rings. The molecule has 0 aromatic heterocycles. The molecule has 2 aromatic carbocycles. The summed E-state index contributed by atoms with van der Waals surface area (Å²) in [4.78, 5) is 16.7. The molecule has 1 atom stereocenters. The number of piperazine rings is 1. The van der Waals surface area contributed by atoms with Gasteiger partial charge in [0.15, 0.2) is 0 Å². The predicted molar refractivity (Wildman–Crippen MR) is 120 cm³/mol. The smallest absolute Gasteiger partial charge is 0.246 e. The molecule has 1 heterocycles. The van der Waals surface area contributed by atoms with Crippen molar-refractivity contribution < 1.29 is 22.3 Å². The third-order valence-corrected chi connectivity index (χ3v) is 6.69. The Morgan fingerprint density at radius 1 is 1.16 bits per heavy atom. The van der Waals surface area contributed by atoms with E-state index < -0.39 is 16.1 Å². The molecular formula is C21H25ClFN3O4S. The summed E-state index contributed by atoms with van der Waals surface area (Å²) in [6.45, 7) is 3.12. The maximum Gasteiger partial charge on any atom is 0.246 e. The first-order chi connectivity index (χ1) is 14.6. The number of amides is 1. The molecule has 0 spiro atoms. The molecular weight excluding hydrogens is 445 g/mol. The minimum atomic E-state index is -3.82.